The largest absolute Gasteiger partial charge is 0.443 e. The minimum atomic E-state index is -1.15. The van der Waals surface area contributed by atoms with Gasteiger partial charge in [0.2, 0.25) is 5.91 Å². The molecule has 33 heavy (non-hydrogen) atoms. The van der Waals surface area contributed by atoms with Gasteiger partial charge in [0.15, 0.2) is 0 Å². The molecule has 0 aromatic heterocycles. The normalized spacial score (nSPS) is 22.9. The Labute approximate surface area is 195 Å². The van der Waals surface area contributed by atoms with Crippen LogP contribution in [-0.2, 0) is 20.7 Å². The molecular formula is C27H33NO5. The van der Waals surface area contributed by atoms with E-state index in [0.717, 1.165) is 16.7 Å². The standard InChI is InChI=1S/C27H33NO5/c1-26(2,3)33-25(30)28-22(18-23(24(28)29)27(31)13-15-32-16-14-27)17-19-9-11-21(12-10-19)20-7-5-4-6-8-20/h4-12,22-23,31H,13-18H2,1-3H3. The molecule has 2 atom stereocenters. The molecule has 2 aromatic rings. The Morgan fingerprint density at radius 2 is 1.67 bits per heavy atom. The first-order chi connectivity index (χ1) is 15.7. The fraction of sp³-hybridized carbons (Fsp3) is 0.481. The maximum Gasteiger partial charge on any atom is 0.417 e. The molecule has 2 aliphatic rings. The van der Waals surface area contributed by atoms with Crippen LogP contribution in [0.4, 0.5) is 4.79 Å². The van der Waals surface area contributed by atoms with Crippen LogP contribution in [-0.4, -0.2) is 52.5 Å². The molecule has 6 nitrogen and oxygen atoms in total. The van der Waals surface area contributed by atoms with Gasteiger partial charge in [-0.1, -0.05) is 54.6 Å². The first-order valence-electron chi connectivity index (χ1n) is 11.7. The van der Waals surface area contributed by atoms with Crippen molar-refractivity contribution in [1.82, 2.24) is 4.90 Å². The van der Waals surface area contributed by atoms with Crippen molar-refractivity contribution >= 4 is 12.0 Å². The first kappa shape index (κ1) is 23.5. The molecule has 0 saturated carbocycles. The van der Waals surface area contributed by atoms with Crippen molar-refractivity contribution in [1.29, 1.82) is 0 Å². The van der Waals surface area contributed by atoms with E-state index >= 15 is 0 Å². The Morgan fingerprint density at radius 3 is 2.27 bits per heavy atom. The zero-order chi connectivity index (χ0) is 23.6. The van der Waals surface area contributed by atoms with Crippen molar-refractivity contribution in [3.05, 3.63) is 60.2 Å². The van der Waals surface area contributed by atoms with Crippen LogP contribution in [0, 0.1) is 5.92 Å². The fourth-order valence-corrected chi connectivity index (χ4v) is 4.81. The van der Waals surface area contributed by atoms with Gasteiger partial charge in [0, 0.05) is 32.1 Å². The zero-order valence-electron chi connectivity index (χ0n) is 19.6. The molecule has 2 fully saturated rings. The van der Waals surface area contributed by atoms with E-state index < -0.39 is 23.2 Å². The molecule has 2 aliphatic heterocycles. The van der Waals surface area contributed by atoms with E-state index in [-0.39, 0.29) is 11.9 Å². The van der Waals surface area contributed by atoms with E-state index in [2.05, 4.69) is 24.3 Å². The topological polar surface area (TPSA) is 76.1 Å². The number of carbonyl (C=O) groups excluding carboxylic acids is 2. The van der Waals surface area contributed by atoms with Crippen LogP contribution >= 0.6 is 0 Å². The Hall–Kier alpha value is -2.70. The molecule has 0 bridgehead atoms. The van der Waals surface area contributed by atoms with Crippen LogP contribution in [0.1, 0.15) is 45.6 Å². The number of rotatable bonds is 4. The minimum absolute atomic E-state index is 0.348. The first-order valence-corrected chi connectivity index (χ1v) is 11.7. The summed E-state index contributed by atoms with van der Waals surface area (Å²) in [7, 11) is 0. The molecule has 2 saturated heterocycles. The highest BCUT2D eigenvalue weighted by Crippen LogP contribution is 2.40. The average molecular weight is 452 g/mol. The lowest BCUT2D eigenvalue weighted by atomic mass is 9.79. The van der Waals surface area contributed by atoms with Crippen LogP contribution < -0.4 is 0 Å². The summed E-state index contributed by atoms with van der Waals surface area (Å²) in [6, 6.07) is 18.0. The van der Waals surface area contributed by atoms with Gasteiger partial charge >= 0.3 is 6.09 Å². The number of aliphatic hydroxyl groups is 1. The van der Waals surface area contributed by atoms with E-state index in [1.54, 1.807) is 20.8 Å². The van der Waals surface area contributed by atoms with Crippen molar-refractivity contribution in [2.24, 2.45) is 5.92 Å². The number of imide groups is 1. The molecule has 2 heterocycles. The number of likely N-dealkylation sites (tertiary alicyclic amines) is 1. The highest BCUT2D eigenvalue weighted by atomic mass is 16.6. The molecule has 1 N–H and O–H groups in total. The second kappa shape index (κ2) is 9.27. The molecule has 0 radical (unpaired) electrons. The molecule has 176 valence electrons. The second-order valence-electron chi connectivity index (χ2n) is 10.1. The van der Waals surface area contributed by atoms with E-state index in [9.17, 15) is 14.7 Å². The SMILES string of the molecule is CC(C)(C)OC(=O)N1C(=O)C(C2(O)CCOCC2)CC1Cc1ccc(-c2ccccc2)cc1. The summed E-state index contributed by atoms with van der Waals surface area (Å²) in [5.74, 6) is -0.984. The Kier molecular flexibility index (Phi) is 6.59. The number of hydrogen-bond donors (Lipinski definition) is 1. The lowest BCUT2D eigenvalue weighted by Gasteiger charge is -2.36. The predicted molar refractivity (Wildman–Crippen MR) is 126 cm³/mol. The molecule has 2 amide bonds. The Morgan fingerprint density at radius 1 is 1.06 bits per heavy atom. The molecule has 0 spiro atoms. The third-order valence-electron chi connectivity index (χ3n) is 6.54. The average Bonchev–Trinajstić information content (AvgIpc) is 3.11. The lowest BCUT2D eigenvalue weighted by molar-refractivity contribution is -0.145. The van der Waals surface area contributed by atoms with Gasteiger partial charge < -0.3 is 14.6 Å². The third kappa shape index (κ3) is 5.28. The van der Waals surface area contributed by atoms with Crippen LogP contribution in [0.5, 0.6) is 0 Å². The zero-order valence-corrected chi connectivity index (χ0v) is 19.6. The number of benzene rings is 2. The number of amides is 2. The van der Waals surface area contributed by atoms with Gasteiger partial charge in [-0.2, -0.15) is 0 Å². The maximum atomic E-state index is 13.4. The van der Waals surface area contributed by atoms with Gasteiger partial charge in [-0.3, -0.25) is 4.79 Å². The van der Waals surface area contributed by atoms with Crippen LogP contribution in [0.3, 0.4) is 0 Å². The summed E-state index contributed by atoms with van der Waals surface area (Å²) in [5.41, 5.74) is 1.41. The number of hydrogen-bond acceptors (Lipinski definition) is 5. The van der Waals surface area contributed by atoms with Crippen LogP contribution in [0.2, 0.25) is 0 Å². The van der Waals surface area contributed by atoms with Crippen LogP contribution in [0.25, 0.3) is 11.1 Å². The Balaban J connectivity index is 1.57. The van der Waals surface area contributed by atoms with Gasteiger partial charge in [0.25, 0.3) is 0 Å². The molecule has 4 rings (SSSR count). The molecule has 6 heteroatoms. The number of nitrogens with zero attached hydrogens (tertiary/aromatic N) is 1. The lowest BCUT2D eigenvalue weighted by Crippen LogP contribution is -2.48. The highest BCUT2D eigenvalue weighted by molar-refractivity contribution is 5.96. The summed E-state index contributed by atoms with van der Waals surface area (Å²) < 4.78 is 11.0. The van der Waals surface area contributed by atoms with Crippen molar-refractivity contribution in [3.8, 4) is 11.1 Å². The fourth-order valence-electron chi connectivity index (χ4n) is 4.81. The van der Waals surface area contributed by atoms with Crippen molar-refractivity contribution < 1.29 is 24.2 Å². The number of ether oxygens (including phenoxy) is 2. The van der Waals surface area contributed by atoms with E-state index in [1.807, 2.05) is 30.3 Å². The Bertz CT molecular complexity index is 974. The number of carbonyl (C=O) groups is 2. The van der Waals surface area contributed by atoms with E-state index in [0.29, 0.717) is 38.9 Å². The molecule has 0 aliphatic carbocycles. The minimum Gasteiger partial charge on any atom is -0.443 e. The summed E-state index contributed by atoms with van der Waals surface area (Å²) in [4.78, 5) is 27.7. The third-order valence-corrected chi connectivity index (χ3v) is 6.54. The summed E-state index contributed by atoms with van der Waals surface area (Å²) in [5, 5.41) is 11.2. The monoisotopic (exact) mass is 451 g/mol. The summed E-state index contributed by atoms with van der Waals surface area (Å²) in [6.07, 6.45) is 1.07. The summed E-state index contributed by atoms with van der Waals surface area (Å²) >= 11 is 0. The quantitative estimate of drug-likeness (QED) is 0.736. The van der Waals surface area contributed by atoms with Gasteiger partial charge in [0.1, 0.15) is 5.60 Å². The smallest absolute Gasteiger partial charge is 0.417 e. The maximum absolute atomic E-state index is 13.4. The van der Waals surface area contributed by atoms with Gasteiger partial charge in [-0.25, -0.2) is 9.69 Å². The molecule has 2 unspecified atom stereocenters. The van der Waals surface area contributed by atoms with E-state index in [1.165, 1.54) is 4.90 Å². The van der Waals surface area contributed by atoms with Crippen molar-refractivity contribution in [3.63, 3.8) is 0 Å². The van der Waals surface area contributed by atoms with Gasteiger partial charge in [-0.05, 0) is 50.3 Å². The highest BCUT2D eigenvalue weighted by Gasteiger charge is 2.53. The molecular weight excluding hydrogens is 418 g/mol. The van der Waals surface area contributed by atoms with Gasteiger partial charge in [0.05, 0.1) is 11.5 Å². The molecule has 2 aromatic carbocycles. The van der Waals surface area contributed by atoms with Gasteiger partial charge in [-0.15, -0.1) is 0 Å². The predicted octanol–water partition coefficient (Wildman–Crippen LogP) is 4.59. The van der Waals surface area contributed by atoms with Crippen LogP contribution in [0.15, 0.2) is 54.6 Å². The second-order valence-corrected chi connectivity index (χ2v) is 10.1. The summed E-state index contributed by atoms with van der Waals surface area (Å²) in [6.45, 7) is 6.18. The van der Waals surface area contributed by atoms with Crippen molar-refractivity contribution in [2.45, 2.75) is 63.7 Å². The van der Waals surface area contributed by atoms with E-state index in [4.69, 9.17) is 9.47 Å². The van der Waals surface area contributed by atoms with Crippen molar-refractivity contribution in [2.75, 3.05) is 13.2 Å².